The van der Waals surface area contributed by atoms with Crippen molar-refractivity contribution in [1.29, 1.82) is 0 Å². The van der Waals surface area contributed by atoms with E-state index in [1.165, 1.54) is 31.2 Å². The first kappa shape index (κ1) is 11.5. The van der Waals surface area contributed by atoms with Crippen molar-refractivity contribution in [3.05, 3.63) is 29.7 Å². The molecule has 1 aromatic carbocycles. The summed E-state index contributed by atoms with van der Waals surface area (Å²) in [6.07, 6.45) is 6.28. The Morgan fingerprint density at radius 1 is 1.26 bits per heavy atom. The average molecular weight is 256 g/mol. The van der Waals surface area contributed by atoms with Gasteiger partial charge in [-0.1, -0.05) is 12.1 Å². The van der Waals surface area contributed by atoms with Crippen molar-refractivity contribution < 1.29 is 4.42 Å². The third-order valence-corrected chi connectivity index (χ3v) is 4.69. The van der Waals surface area contributed by atoms with Gasteiger partial charge in [-0.25, -0.2) is 4.98 Å². The van der Waals surface area contributed by atoms with E-state index >= 15 is 0 Å². The Hall–Kier alpha value is -1.35. The normalized spacial score (nSPS) is 30.1. The number of hydrogen-bond acceptors (Lipinski definition) is 3. The fourth-order valence-electron chi connectivity index (χ4n) is 3.81. The molecule has 3 nitrogen and oxygen atoms in total. The van der Waals surface area contributed by atoms with Crippen molar-refractivity contribution in [3.63, 3.8) is 0 Å². The summed E-state index contributed by atoms with van der Waals surface area (Å²) in [5, 5.41) is 3.69. The predicted molar refractivity (Wildman–Crippen MR) is 75.1 cm³/mol. The number of nitrogens with zero attached hydrogens (tertiary/aromatic N) is 1. The molecule has 2 aliphatic heterocycles. The van der Waals surface area contributed by atoms with Crippen LogP contribution in [0.1, 0.15) is 37.1 Å². The first-order valence-corrected chi connectivity index (χ1v) is 7.39. The van der Waals surface area contributed by atoms with E-state index in [1.807, 2.05) is 6.07 Å². The molecule has 1 N–H and O–H groups in total. The smallest absolute Gasteiger partial charge is 0.195 e. The maximum Gasteiger partial charge on any atom is 0.195 e. The highest BCUT2D eigenvalue weighted by atomic mass is 16.3. The van der Waals surface area contributed by atoms with Crippen LogP contribution in [0, 0.1) is 12.8 Å². The lowest BCUT2D eigenvalue weighted by Gasteiger charge is -2.28. The molecule has 4 rings (SSSR count). The maximum atomic E-state index is 5.96. The summed E-state index contributed by atoms with van der Waals surface area (Å²) in [5.74, 6) is 1.67. The molecular formula is C16H20N2O. The van der Waals surface area contributed by atoms with E-state index in [1.54, 1.807) is 0 Å². The van der Waals surface area contributed by atoms with Gasteiger partial charge in [-0.15, -0.1) is 0 Å². The first-order valence-electron chi connectivity index (χ1n) is 7.39. The molecule has 2 bridgehead atoms. The highest BCUT2D eigenvalue weighted by Gasteiger charge is 2.33. The van der Waals surface area contributed by atoms with E-state index in [9.17, 15) is 0 Å². The second-order valence-electron chi connectivity index (χ2n) is 6.21. The zero-order chi connectivity index (χ0) is 12.8. The Bertz CT molecular complexity index is 592. The Balaban J connectivity index is 1.56. The van der Waals surface area contributed by atoms with E-state index in [0.717, 1.165) is 41.4 Å². The van der Waals surface area contributed by atoms with E-state index in [-0.39, 0.29) is 0 Å². The molecule has 3 heteroatoms. The number of para-hydroxylation sites is 1. The minimum absolute atomic E-state index is 0.743. The van der Waals surface area contributed by atoms with Crippen LogP contribution in [-0.4, -0.2) is 17.1 Å². The van der Waals surface area contributed by atoms with E-state index < -0.39 is 0 Å². The zero-order valence-corrected chi connectivity index (χ0v) is 11.4. The molecule has 0 saturated carbocycles. The maximum absolute atomic E-state index is 5.96. The molecule has 19 heavy (non-hydrogen) atoms. The predicted octanol–water partition coefficient (Wildman–Crippen LogP) is 3.21. The van der Waals surface area contributed by atoms with Gasteiger partial charge in [0, 0.05) is 18.5 Å². The number of oxazole rings is 1. The van der Waals surface area contributed by atoms with Gasteiger partial charge in [0.15, 0.2) is 11.5 Å². The standard InChI is InChI=1S/C16H20N2O/c1-10-3-2-4-14-16(10)19-15(18-14)9-11-7-12-5-6-13(8-11)17-12/h2-4,11-13,17H,5-9H2,1H3. The summed E-state index contributed by atoms with van der Waals surface area (Å²) in [7, 11) is 0. The SMILES string of the molecule is Cc1cccc2nc(CC3CC4CCC(C3)N4)oc12. The number of piperidine rings is 1. The third-order valence-electron chi connectivity index (χ3n) is 4.69. The summed E-state index contributed by atoms with van der Waals surface area (Å²) in [4.78, 5) is 4.65. The van der Waals surface area contributed by atoms with Crippen molar-refractivity contribution in [2.24, 2.45) is 5.92 Å². The van der Waals surface area contributed by atoms with Gasteiger partial charge in [-0.05, 0) is 50.2 Å². The number of hydrogen-bond donors (Lipinski definition) is 1. The topological polar surface area (TPSA) is 38.1 Å². The quantitative estimate of drug-likeness (QED) is 0.896. The molecule has 1 aromatic heterocycles. The van der Waals surface area contributed by atoms with Gasteiger partial charge < -0.3 is 9.73 Å². The molecule has 3 heterocycles. The fraction of sp³-hybridized carbons (Fsp3) is 0.562. The molecule has 2 unspecified atom stereocenters. The van der Waals surface area contributed by atoms with Crippen molar-refractivity contribution >= 4 is 11.1 Å². The second-order valence-corrected chi connectivity index (χ2v) is 6.21. The van der Waals surface area contributed by atoms with Gasteiger partial charge in [0.1, 0.15) is 5.52 Å². The van der Waals surface area contributed by atoms with Crippen LogP contribution in [-0.2, 0) is 6.42 Å². The van der Waals surface area contributed by atoms with Crippen LogP contribution in [0.25, 0.3) is 11.1 Å². The van der Waals surface area contributed by atoms with Crippen molar-refractivity contribution in [1.82, 2.24) is 10.3 Å². The molecular weight excluding hydrogens is 236 g/mol. The molecule has 0 radical (unpaired) electrons. The van der Waals surface area contributed by atoms with Crippen molar-refractivity contribution in [2.45, 2.75) is 51.1 Å². The number of rotatable bonds is 2. The molecule has 0 spiro atoms. The average Bonchev–Trinajstić information content (AvgIpc) is 2.94. The Morgan fingerprint density at radius 3 is 2.79 bits per heavy atom. The zero-order valence-electron chi connectivity index (χ0n) is 11.4. The number of aromatic nitrogens is 1. The van der Waals surface area contributed by atoms with Crippen LogP contribution in [0.5, 0.6) is 0 Å². The van der Waals surface area contributed by atoms with E-state index in [2.05, 4.69) is 29.4 Å². The van der Waals surface area contributed by atoms with Crippen molar-refractivity contribution in [3.8, 4) is 0 Å². The number of benzene rings is 1. The summed E-state index contributed by atoms with van der Waals surface area (Å²) in [6, 6.07) is 7.67. The molecule has 0 amide bonds. The second kappa shape index (κ2) is 4.34. The van der Waals surface area contributed by atoms with Crippen LogP contribution < -0.4 is 5.32 Å². The minimum Gasteiger partial charge on any atom is -0.440 e. The highest BCUT2D eigenvalue weighted by Crippen LogP contribution is 2.33. The number of aryl methyl sites for hydroxylation is 1. The summed E-state index contributed by atoms with van der Waals surface area (Å²) in [5.41, 5.74) is 3.16. The van der Waals surface area contributed by atoms with Crippen LogP contribution in [0.4, 0.5) is 0 Å². The number of nitrogens with one attached hydrogen (secondary N) is 1. The largest absolute Gasteiger partial charge is 0.440 e. The minimum atomic E-state index is 0.743. The van der Waals surface area contributed by atoms with Gasteiger partial charge in [0.2, 0.25) is 0 Å². The van der Waals surface area contributed by atoms with Crippen LogP contribution in [0.15, 0.2) is 22.6 Å². The van der Waals surface area contributed by atoms with Crippen LogP contribution in [0.2, 0.25) is 0 Å². The summed E-state index contributed by atoms with van der Waals surface area (Å²) < 4.78 is 5.96. The molecule has 100 valence electrons. The Labute approximate surface area is 113 Å². The molecule has 2 fully saturated rings. The van der Waals surface area contributed by atoms with Gasteiger partial charge in [-0.3, -0.25) is 0 Å². The highest BCUT2D eigenvalue weighted by molar-refractivity contribution is 5.75. The lowest BCUT2D eigenvalue weighted by molar-refractivity contribution is 0.284. The van der Waals surface area contributed by atoms with Gasteiger partial charge in [0.05, 0.1) is 0 Å². The monoisotopic (exact) mass is 256 g/mol. The van der Waals surface area contributed by atoms with Gasteiger partial charge >= 0.3 is 0 Å². The van der Waals surface area contributed by atoms with Crippen molar-refractivity contribution in [2.75, 3.05) is 0 Å². The third kappa shape index (κ3) is 2.06. The van der Waals surface area contributed by atoms with Gasteiger partial charge in [-0.2, -0.15) is 0 Å². The molecule has 2 aromatic rings. The lowest BCUT2D eigenvalue weighted by atomic mass is 9.90. The molecule has 2 atom stereocenters. The van der Waals surface area contributed by atoms with Crippen LogP contribution >= 0.6 is 0 Å². The van der Waals surface area contributed by atoms with E-state index in [0.29, 0.717) is 0 Å². The van der Waals surface area contributed by atoms with Crippen LogP contribution in [0.3, 0.4) is 0 Å². The molecule has 2 saturated heterocycles. The Kier molecular flexibility index (Phi) is 2.62. The molecule has 0 aliphatic carbocycles. The summed E-state index contributed by atoms with van der Waals surface area (Å²) in [6.45, 7) is 2.09. The fourth-order valence-corrected chi connectivity index (χ4v) is 3.81. The lowest BCUT2D eigenvalue weighted by Crippen LogP contribution is -2.38. The molecule has 2 aliphatic rings. The first-order chi connectivity index (χ1) is 9.28. The number of fused-ring (bicyclic) bond motifs is 3. The van der Waals surface area contributed by atoms with E-state index in [4.69, 9.17) is 4.42 Å². The van der Waals surface area contributed by atoms with Gasteiger partial charge in [0.25, 0.3) is 0 Å². The Morgan fingerprint density at radius 2 is 2.05 bits per heavy atom. The summed E-state index contributed by atoms with van der Waals surface area (Å²) >= 11 is 0.